The van der Waals surface area contributed by atoms with Crippen molar-refractivity contribution in [3.63, 3.8) is 0 Å². The fourth-order valence-corrected chi connectivity index (χ4v) is 1.67. The lowest BCUT2D eigenvalue weighted by molar-refractivity contribution is -0.122. The molecule has 1 aromatic rings. The summed E-state index contributed by atoms with van der Waals surface area (Å²) in [5, 5.41) is 14.7. The van der Waals surface area contributed by atoms with E-state index in [1.807, 2.05) is 0 Å². The van der Waals surface area contributed by atoms with Crippen molar-refractivity contribution in [3.05, 3.63) is 34.9 Å². The Morgan fingerprint density at radius 1 is 1.30 bits per heavy atom. The Labute approximate surface area is 123 Å². The van der Waals surface area contributed by atoms with Crippen LogP contribution >= 0.6 is 11.6 Å². The minimum atomic E-state index is -0.244. The van der Waals surface area contributed by atoms with Crippen molar-refractivity contribution in [1.29, 1.82) is 0 Å². The second-order valence-corrected chi connectivity index (χ2v) is 4.95. The van der Waals surface area contributed by atoms with Crippen molar-refractivity contribution < 1.29 is 14.7 Å². The van der Waals surface area contributed by atoms with Crippen molar-refractivity contribution in [1.82, 2.24) is 10.6 Å². The Morgan fingerprint density at radius 2 is 1.95 bits per heavy atom. The largest absolute Gasteiger partial charge is 0.394 e. The number of aliphatic hydroxyl groups excluding tert-OH is 1. The van der Waals surface area contributed by atoms with Gasteiger partial charge < -0.3 is 15.7 Å². The number of hydrogen-bond acceptors (Lipinski definition) is 3. The molecule has 0 aromatic heterocycles. The molecule has 0 saturated carbocycles. The number of hydrogen-bond donors (Lipinski definition) is 3. The molecule has 0 saturated heterocycles. The predicted octanol–water partition coefficient (Wildman–Crippen LogP) is 1.35. The van der Waals surface area contributed by atoms with Crippen molar-refractivity contribution >= 4 is 23.4 Å². The van der Waals surface area contributed by atoms with Gasteiger partial charge in [-0.1, -0.05) is 11.6 Å². The number of benzene rings is 1. The molecule has 0 aliphatic rings. The lowest BCUT2D eigenvalue weighted by Gasteiger charge is -2.10. The highest BCUT2D eigenvalue weighted by Crippen LogP contribution is 2.09. The Hall–Kier alpha value is -1.59. The van der Waals surface area contributed by atoms with Gasteiger partial charge in [0.05, 0.1) is 6.61 Å². The zero-order valence-electron chi connectivity index (χ0n) is 11.4. The van der Waals surface area contributed by atoms with Crippen LogP contribution in [0.2, 0.25) is 5.02 Å². The number of rotatable bonds is 7. The molecule has 5 nitrogen and oxygen atoms in total. The standard InChI is InChI=1S/C14H19ClN2O3/c1-10(9-18)17-13(19)3-2-8-16-14(20)11-4-6-12(15)7-5-11/h4-7,10,18H,2-3,8-9H2,1H3,(H,16,20)(H,17,19). The Kier molecular flexibility index (Phi) is 7.04. The third kappa shape index (κ3) is 6.04. The first-order chi connectivity index (χ1) is 9.52. The molecule has 0 aliphatic heterocycles. The molecule has 110 valence electrons. The van der Waals surface area contributed by atoms with Crippen LogP contribution < -0.4 is 10.6 Å². The van der Waals surface area contributed by atoms with E-state index in [-0.39, 0.29) is 24.5 Å². The van der Waals surface area contributed by atoms with E-state index in [0.717, 1.165) is 0 Å². The summed E-state index contributed by atoms with van der Waals surface area (Å²) >= 11 is 5.74. The molecule has 0 heterocycles. The molecular weight excluding hydrogens is 280 g/mol. The second-order valence-electron chi connectivity index (χ2n) is 4.52. The van der Waals surface area contributed by atoms with Gasteiger partial charge in [-0.15, -0.1) is 0 Å². The van der Waals surface area contributed by atoms with E-state index in [1.54, 1.807) is 31.2 Å². The molecule has 0 radical (unpaired) electrons. The first-order valence-corrected chi connectivity index (χ1v) is 6.84. The minimum absolute atomic E-state index is 0.0843. The third-order valence-corrected chi connectivity index (χ3v) is 2.91. The van der Waals surface area contributed by atoms with Crippen LogP contribution in [0.3, 0.4) is 0 Å². The Morgan fingerprint density at radius 3 is 2.55 bits per heavy atom. The van der Waals surface area contributed by atoms with E-state index in [1.165, 1.54) is 0 Å². The Balaban J connectivity index is 2.22. The van der Waals surface area contributed by atoms with Gasteiger partial charge in [0.15, 0.2) is 0 Å². The van der Waals surface area contributed by atoms with Crippen LogP contribution in [0.15, 0.2) is 24.3 Å². The highest BCUT2D eigenvalue weighted by Gasteiger charge is 2.07. The van der Waals surface area contributed by atoms with Crippen LogP contribution in [0.5, 0.6) is 0 Å². The fourth-order valence-electron chi connectivity index (χ4n) is 1.55. The zero-order valence-corrected chi connectivity index (χ0v) is 12.1. The smallest absolute Gasteiger partial charge is 0.251 e. The summed E-state index contributed by atoms with van der Waals surface area (Å²) in [4.78, 5) is 23.2. The highest BCUT2D eigenvalue weighted by atomic mass is 35.5. The number of aliphatic hydroxyl groups is 1. The molecule has 0 bridgehead atoms. The molecule has 1 aromatic carbocycles. The van der Waals surface area contributed by atoms with E-state index in [0.29, 0.717) is 30.0 Å². The van der Waals surface area contributed by atoms with Gasteiger partial charge in [-0.2, -0.15) is 0 Å². The van der Waals surface area contributed by atoms with E-state index >= 15 is 0 Å². The van der Waals surface area contributed by atoms with Crippen LogP contribution in [0.4, 0.5) is 0 Å². The fraction of sp³-hybridized carbons (Fsp3) is 0.429. The SMILES string of the molecule is CC(CO)NC(=O)CCCNC(=O)c1ccc(Cl)cc1. The minimum Gasteiger partial charge on any atom is -0.394 e. The van der Waals surface area contributed by atoms with E-state index in [9.17, 15) is 9.59 Å². The zero-order chi connectivity index (χ0) is 15.0. The summed E-state index contributed by atoms with van der Waals surface area (Å²) in [6.07, 6.45) is 0.856. The number of nitrogens with one attached hydrogen (secondary N) is 2. The van der Waals surface area contributed by atoms with E-state index in [4.69, 9.17) is 16.7 Å². The molecule has 1 rings (SSSR count). The van der Waals surface area contributed by atoms with Crippen molar-refractivity contribution in [3.8, 4) is 0 Å². The maximum Gasteiger partial charge on any atom is 0.251 e. The van der Waals surface area contributed by atoms with E-state index in [2.05, 4.69) is 10.6 Å². The normalized spacial score (nSPS) is 11.8. The van der Waals surface area contributed by atoms with Crippen LogP contribution in [-0.2, 0) is 4.79 Å². The average Bonchev–Trinajstić information content (AvgIpc) is 2.44. The highest BCUT2D eigenvalue weighted by molar-refractivity contribution is 6.30. The van der Waals surface area contributed by atoms with Gasteiger partial charge in [0, 0.05) is 29.6 Å². The molecule has 20 heavy (non-hydrogen) atoms. The lowest BCUT2D eigenvalue weighted by Crippen LogP contribution is -2.35. The summed E-state index contributed by atoms with van der Waals surface area (Å²) in [5.74, 6) is -0.321. The molecule has 1 unspecified atom stereocenters. The molecule has 2 amide bonds. The van der Waals surface area contributed by atoms with Crippen LogP contribution in [0, 0.1) is 0 Å². The van der Waals surface area contributed by atoms with Crippen molar-refractivity contribution in [2.75, 3.05) is 13.2 Å². The number of carbonyl (C=O) groups excluding carboxylic acids is 2. The number of amides is 2. The van der Waals surface area contributed by atoms with E-state index < -0.39 is 0 Å². The maximum absolute atomic E-state index is 11.7. The topological polar surface area (TPSA) is 78.4 Å². The third-order valence-electron chi connectivity index (χ3n) is 2.65. The van der Waals surface area contributed by atoms with Gasteiger partial charge in [-0.05, 0) is 37.6 Å². The van der Waals surface area contributed by atoms with Crippen molar-refractivity contribution in [2.45, 2.75) is 25.8 Å². The van der Waals surface area contributed by atoms with Crippen molar-refractivity contribution in [2.24, 2.45) is 0 Å². The van der Waals surface area contributed by atoms with Gasteiger partial charge in [0.2, 0.25) is 5.91 Å². The molecule has 0 aliphatic carbocycles. The van der Waals surface area contributed by atoms with Crippen LogP contribution in [0.1, 0.15) is 30.1 Å². The molecule has 0 fully saturated rings. The first-order valence-electron chi connectivity index (χ1n) is 6.47. The number of carbonyl (C=O) groups is 2. The van der Waals surface area contributed by atoms with Gasteiger partial charge >= 0.3 is 0 Å². The van der Waals surface area contributed by atoms with Gasteiger partial charge in [-0.3, -0.25) is 9.59 Å². The van der Waals surface area contributed by atoms with Crippen LogP contribution in [-0.4, -0.2) is 36.1 Å². The molecule has 1 atom stereocenters. The predicted molar refractivity (Wildman–Crippen MR) is 77.7 cm³/mol. The number of halogens is 1. The molecule has 6 heteroatoms. The average molecular weight is 299 g/mol. The lowest BCUT2D eigenvalue weighted by atomic mass is 10.2. The second kappa shape index (κ2) is 8.55. The maximum atomic E-state index is 11.7. The van der Waals surface area contributed by atoms with Gasteiger partial charge in [0.1, 0.15) is 0 Å². The monoisotopic (exact) mass is 298 g/mol. The molecular formula is C14H19ClN2O3. The Bertz CT molecular complexity index is 448. The summed E-state index contributed by atoms with van der Waals surface area (Å²) in [6.45, 7) is 2.06. The molecule has 3 N–H and O–H groups in total. The first kappa shape index (κ1) is 16.5. The quantitative estimate of drug-likeness (QED) is 0.665. The van der Waals surface area contributed by atoms with Crippen LogP contribution in [0.25, 0.3) is 0 Å². The summed E-state index contributed by atoms with van der Waals surface area (Å²) < 4.78 is 0. The summed E-state index contributed by atoms with van der Waals surface area (Å²) in [7, 11) is 0. The summed E-state index contributed by atoms with van der Waals surface area (Å²) in [6, 6.07) is 6.35. The molecule has 0 spiro atoms. The van der Waals surface area contributed by atoms with Gasteiger partial charge in [0.25, 0.3) is 5.91 Å². The summed E-state index contributed by atoms with van der Waals surface area (Å²) in [5.41, 5.74) is 0.535. The van der Waals surface area contributed by atoms with Gasteiger partial charge in [-0.25, -0.2) is 0 Å².